The van der Waals surface area contributed by atoms with Crippen LogP contribution < -0.4 is 0 Å². The molecular formula is C32H39F6N3O2. The number of likely N-dealkylation sites (tertiary alicyclic amines) is 1. The Bertz CT molecular complexity index is 1200. The highest BCUT2D eigenvalue weighted by atomic mass is 19.4. The van der Waals surface area contributed by atoms with Crippen LogP contribution in [0.4, 0.5) is 26.3 Å². The summed E-state index contributed by atoms with van der Waals surface area (Å²) in [6.07, 6.45) is -7.15. The van der Waals surface area contributed by atoms with Crippen LogP contribution in [-0.4, -0.2) is 65.3 Å². The highest BCUT2D eigenvalue weighted by Gasteiger charge is 2.41. The molecule has 0 spiro atoms. The molecule has 2 aliphatic rings. The standard InChI is InChI=1S/C32H39F6N3O2/c1-21(42)39-15-13-22(14-16-39)19-28(43)41-18-17-40(20-27(41)30(2,3)4)29(23-5-9-25(10-6-23)31(33,34)35)24-7-11-26(12-8-24)32(36,37)38/h5-12,22,27,29H,13-20H2,1-4H3/t27-/m1/s1. The van der Waals surface area contributed by atoms with Crippen molar-refractivity contribution >= 4 is 11.8 Å². The first-order valence-electron chi connectivity index (χ1n) is 14.6. The van der Waals surface area contributed by atoms with Crippen LogP contribution in [0.3, 0.4) is 0 Å². The number of piperazine rings is 1. The number of hydrogen-bond acceptors (Lipinski definition) is 3. The molecular weight excluding hydrogens is 572 g/mol. The Balaban J connectivity index is 1.60. The fourth-order valence-electron chi connectivity index (χ4n) is 6.22. The van der Waals surface area contributed by atoms with E-state index < -0.39 is 29.5 Å². The average Bonchev–Trinajstić information content (AvgIpc) is 2.92. The third kappa shape index (κ3) is 7.91. The lowest BCUT2D eigenvalue weighted by Crippen LogP contribution is -2.60. The van der Waals surface area contributed by atoms with Crippen molar-refractivity contribution in [2.45, 2.75) is 71.4 Å². The minimum absolute atomic E-state index is 0.0291. The molecule has 2 saturated heterocycles. The predicted molar refractivity (Wildman–Crippen MR) is 151 cm³/mol. The number of amides is 2. The molecule has 2 amide bonds. The maximum Gasteiger partial charge on any atom is 0.416 e. The summed E-state index contributed by atoms with van der Waals surface area (Å²) in [5.74, 6) is 0.236. The number of rotatable bonds is 5. The SMILES string of the molecule is CC(=O)N1CCC(CC(=O)N2CCN(C(c3ccc(C(F)(F)F)cc3)c3ccc(C(F)(F)F)cc3)C[C@@H]2C(C)(C)C)CC1. The molecule has 236 valence electrons. The lowest BCUT2D eigenvalue weighted by Gasteiger charge is -2.50. The Morgan fingerprint density at radius 1 is 0.767 bits per heavy atom. The van der Waals surface area contributed by atoms with Gasteiger partial charge >= 0.3 is 12.4 Å². The topological polar surface area (TPSA) is 43.9 Å². The van der Waals surface area contributed by atoms with Gasteiger partial charge in [-0.3, -0.25) is 14.5 Å². The number of carbonyl (C=O) groups excluding carboxylic acids is 2. The third-order valence-corrected chi connectivity index (χ3v) is 8.73. The van der Waals surface area contributed by atoms with Gasteiger partial charge in [-0.05, 0) is 59.6 Å². The largest absolute Gasteiger partial charge is 0.416 e. The second-order valence-electron chi connectivity index (χ2n) is 12.8. The summed E-state index contributed by atoms with van der Waals surface area (Å²) in [6.45, 7) is 10.1. The zero-order chi connectivity index (χ0) is 31.7. The number of hydrogen-bond donors (Lipinski definition) is 0. The van der Waals surface area contributed by atoms with Crippen molar-refractivity contribution in [3.8, 4) is 0 Å². The van der Waals surface area contributed by atoms with Crippen LogP contribution >= 0.6 is 0 Å². The first-order chi connectivity index (χ1) is 19.9. The maximum atomic E-state index is 13.6. The summed E-state index contributed by atoms with van der Waals surface area (Å²) in [4.78, 5) is 31.1. The molecule has 0 aliphatic carbocycles. The van der Waals surface area contributed by atoms with Crippen molar-refractivity contribution in [1.82, 2.24) is 14.7 Å². The molecule has 2 aliphatic heterocycles. The summed E-state index contributed by atoms with van der Waals surface area (Å²) in [5.41, 5.74) is -0.911. The maximum absolute atomic E-state index is 13.6. The van der Waals surface area contributed by atoms with Crippen LogP contribution in [0, 0.1) is 11.3 Å². The van der Waals surface area contributed by atoms with E-state index in [1.54, 1.807) is 11.8 Å². The van der Waals surface area contributed by atoms with Gasteiger partial charge in [-0.1, -0.05) is 45.0 Å². The number of carbonyl (C=O) groups is 2. The number of halogens is 6. The van der Waals surface area contributed by atoms with Crippen molar-refractivity contribution in [2.24, 2.45) is 11.3 Å². The molecule has 4 rings (SSSR count). The van der Waals surface area contributed by atoms with Crippen LogP contribution in [0.15, 0.2) is 48.5 Å². The highest BCUT2D eigenvalue weighted by molar-refractivity contribution is 5.77. The summed E-state index contributed by atoms with van der Waals surface area (Å²) < 4.78 is 79.8. The third-order valence-electron chi connectivity index (χ3n) is 8.73. The molecule has 0 radical (unpaired) electrons. The molecule has 1 atom stereocenters. The van der Waals surface area contributed by atoms with E-state index in [0.29, 0.717) is 50.3 Å². The van der Waals surface area contributed by atoms with E-state index in [9.17, 15) is 35.9 Å². The van der Waals surface area contributed by atoms with Gasteiger partial charge in [0, 0.05) is 52.1 Å². The van der Waals surface area contributed by atoms with Crippen LogP contribution in [0.5, 0.6) is 0 Å². The number of alkyl halides is 6. The molecule has 2 aromatic carbocycles. The number of piperidine rings is 1. The molecule has 2 aromatic rings. The second-order valence-corrected chi connectivity index (χ2v) is 12.8. The van der Waals surface area contributed by atoms with E-state index in [1.165, 1.54) is 24.3 Å². The van der Waals surface area contributed by atoms with E-state index in [-0.39, 0.29) is 29.2 Å². The van der Waals surface area contributed by atoms with Gasteiger partial charge in [-0.15, -0.1) is 0 Å². The summed E-state index contributed by atoms with van der Waals surface area (Å²) in [5, 5.41) is 0. The van der Waals surface area contributed by atoms with E-state index in [4.69, 9.17) is 0 Å². The number of benzene rings is 2. The molecule has 0 unspecified atom stereocenters. The minimum Gasteiger partial charge on any atom is -0.343 e. The molecule has 11 heteroatoms. The lowest BCUT2D eigenvalue weighted by molar-refractivity contribution is -0.141. The van der Waals surface area contributed by atoms with Crippen molar-refractivity contribution in [3.63, 3.8) is 0 Å². The van der Waals surface area contributed by atoms with Gasteiger partial charge in [0.25, 0.3) is 0 Å². The van der Waals surface area contributed by atoms with Gasteiger partial charge in [-0.25, -0.2) is 0 Å². The molecule has 2 fully saturated rings. The molecule has 0 aromatic heterocycles. The first kappa shape index (κ1) is 32.8. The van der Waals surface area contributed by atoms with Crippen LogP contribution in [0.2, 0.25) is 0 Å². The van der Waals surface area contributed by atoms with Crippen LogP contribution in [0.1, 0.15) is 75.3 Å². The predicted octanol–water partition coefficient (Wildman–Crippen LogP) is 7.02. The van der Waals surface area contributed by atoms with Gasteiger partial charge in [0.05, 0.1) is 17.2 Å². The van der Waals surface area contributed by atoms with Gasteiger partial charge in [0.15, 0.2) is 0 Å². The first-order valence-corrected chi connectivity index (χ1v) is 14.6. The Morgan fingerprint density at radius 2 is 1.23 bits per heavy atom. The van der Waals surface area contributed by atoms with Gasteiger partial charge < -0.3 is 9.80 Å². The molecule has 43 heavy (non-hydrogen) atoms. The van der Waals surface area contributed by atoms with E-state index in [1.807, 2.05) is 25.7 Å². The Hall–Kier alpha value is -3.08. The fourth-order valence-corrected chi connectivity index (χ4v) is 6.22. The van der Waals surface area contributed by atoms with Gasteiger partial charge in [-0.2, -0.15) is 26.3 Å². The van der Waals surface area contributed by atoms with Crippen LogP contribution in [-0.2, 0) is 21.9 Å². The normalized spacial score (nSPS) is 19.7. The van der Waals surface area contributed by atoms with Crippen molar-refractivity contribution in [1.29, 1.82) is 0 Å². The zero-order valence-electron chi connectivity index (χ0n) is 24.9. The molecule has 0 saturated carbocycles. The highest BCUT2D eigenvalue weighted by Crippen LogP contribution is 2.38. The second kappa shape index (κ2) is 12.5. The molecule has 2 heterocycles. The van der Waals surface area contributed by atoms with E-state index in [2.05, 4.69) is 4.90 Å². The summed E-state index contributed by atoms with van der Waals surface area (Å²) >= 11 is 0. The quantitative estimate of drug-likeness (QED) is 0.342. The molecule has 5 nitrogen and oxygen atoms in total. The smallest absolute Gasteiger partial charge is 0.343 e. The fraction of sp³-hybridized carbons (Fsp3) is 0.562. The van der Waals surface area contributed by atoms with Crippen molar-refractivity contribution in [2.75, 3.05) is 32.7 Å². The molecule has 0 bridgehead atoms. The van der Waals surface area contributed by atoms with Gasteiger partial charge in [0.1, 0.15) is 0 Å². The number of nitrogens with zero attached hydrogens (tertiary/aromatic N) is 3. The monoisotopic (exact) mass is 611 g/mol. The van der Waals surface area contributed by atoms with Gasteiger partial charge in [0.2, 0.25) is 11.8 Å². The van der Waals surface area contributed by atoms with Crippen molar-refractivity contribution < 1.29 is 35.9 Å². The Morgan fingerprint density at radius 3 is 1.63 bits per heavy atom. The average molecular weight is 612 g/mol. The van der Waals surface area contributed by atoms with Crippen molar-refractivity contribution in [3.05, 3.63) is 70.8 Å². The van der Waals surface area contributed by atoms with E-state index in [0.717, 1.165) is 37.1 Å². The zero-order valence-corrected chi connectivity index (χ0v) is 24.9. The minimum atomic E-state index is -4.52. The summed E-state index contributed by atoms with van der Waals surface area (Å²) in [7, 11) is 0. The summed E-state index contributed by atoms with van der Waals surface area (Å²) in [6, 6.07) is 8.63. The lowest BCUT2D eigenvalue weighted by atomic mass is 9.82. The molecule has 0 N–H and O–H groups in total. The van der Waals surface area contributed by atoms with Crippen LogP contribution in [0.25, 0.3) is 0 Å². The van der Waals surface area contributed by atoms with E-state index >= 15 is 0 Å². The Labute approximate surface area is 248 Å². The Kier molecular flexibility index (Phi) is 9.54.